The lowest BCUT2D eigenvalue weighted by molar-refractivity contribution is 0.100. The third-order valence-corrected chi connectivity index (χ3v) is 6.10. The van der Waals surface area contributed by atoms with E-state index in [9.17, 15) is 4.79 Å². The van der Waals surface area contributed by atoms with Crippen LogP contribution in [0.5, 0.6) is 5.88 Å². The lowest BCUT2D eigenvalue weighted by Gasteiger charge is -2.24. The summed E-state index contributed by atoms with van der Waals surface area (Å²) in [5, 5.41) is 8.91. The van der Waals surface area contributed by atoms with Gasteiger partial charge in [0.1, 0.15) is 16.8 Å². The van der Waals surface area contributed by atoms with Gasteiger partial charge in [0.25, 0.3) is 5.91 Å². The quantitative estimate of drug-likeness (QED) is 0.485. The zero-order valence-electron chi connectivity index (χ0n) is 18.2. The second-order valence-electron chi connectivity index (χ2n) is 8.38. The number of rotatable bonds is 0. The van der Waals surface area contributed by atoms with Crippen LogP contribution in [0.2, 0.25) is 5.15 Å². The topological polar surface area (TPSA) is 90.4 Å². The highest BCUT2D eigenvalue weighted by molar-refractivity contribution is 6.30. The molecule has 2 bridgehead atoms. The molecular weight excluding hydrogens is 430 g/mol. The molecule has 0 aliphatic carbocycles. The summed E-state index contributed by atoms with van der Waals surface area (Å²) in [7, 11) is 3.73. The van der Waals surface area contributed by atoms with Crippen LogP contribution in [-0.2, 0) is 20.5 Å². The van der Waals surface area contributed by atoms with Crippen LogP contribution in [0, 0.1) is 5.92 Å². The predicted octanol–water partition coefficient (Wildman–Crippen LogP) is 3.28. The fourth-order valence-electron chi connectivity index (χ4n) is 4.35. The fraction of sp³-hybridized carbons (Fsp3) is 0.409. The van der Waals surface area contributed by atoms with Crippen LogP contribution in [0.4, 0.5) is 5.82 Å². The molecule has 5 heterocycles. The van der Waals surface area contributed by atoms with Crippen molar-refractivity contribution in [3.8, 4) is 17.1 Å². The first-order chi connectivity index (χ1) is 15.4. The summed E-state index contributed by atoms with van der Waals surface area (Å²) in [5.41, 5.74) is 2.67. The third-order valence-electron chi connectivity index (χ3n) is 5.90. The number of carbonyl (C=O) groups is 1. The van der Waals surface area contributed by atoms with Crippen molar-refractivity contribution in [3.05, 3.63) is 40.8 Å². The van der Waals surface area contributed by atoms with Crippen LogP contribution in [-0.4, -0.2) is 49.4 Å². The Bertz CT molecular complexity index is 1230. The lowest BCUT2D eigenvalue weighted by atomic mass is 10.1. The monoisotopic (exact) mass is 453 g/mol. The van der Waals surface area contributed by atoms with Gasteiger partial charge in [-0.05, 0) is 30.9 Å². The summed E-state index contributed by atoms with van der Waals surface area (Å²) >= 11 is 6.28. The molecule has 0 unspecified atom stereocenters. The number of fused-ring (bicyclic) bond motifs is 7. The number of aromatic nitrogens is 5. The van der Waals surface area contributed by atoms with Crippen molar-refractivity contribution in [2.45, 2.75) is 26.2 Å². The standard InChI is InChI=1S/C22H24ClN7O2/c1-13-5-4-6-32-22-16(11-25-29(22)3)17-7-14(8-18(23)26-17)20(31)27-19-9-15-10-24-28(2)21(15)30(19)12-13/h7-8,10-11,13H,4-6,9,12H2,1-3H3/t13-/m1/s1. The Hall–Kier alpha value is -3.20. The van der Waals surface area contributed by atoms with Crippen LogP contribution >= 0.6 is 11.6 Å². The average Bonchev–Trinajstić information content (AvgIpc) is 3.40. The highest BCUT2D eigenvalue weighted by Gasteiger charge is 2.31. The number of carbonyl (C=O) groups excluding carboxylic acids is 1. The first kappa shape index (κ1) is 20.7. The van der Waals surface area contributed by atoms with Gasteiger partial charge >= 0.3 is 0 Å². The fourth-order valence-corrected chi connectivity index (χ4v) is 4.55. The van der Waals surface area contributed by atoms with Crippen LogP contribution in [0.1, 0.15) is 35.7 Å². The summed E-state index contributed by atoms with van der Waals surface area (Å²) < 4.78 is 9.58. The minimum Gasteiger partial charge on any atom is -0.477 e. The summed E-state index contributed by atoms with van der Waals surface area (Å²) in [6.07, 6.45) is 5.95. The molecule has 32 heavy (non-hydrogen) atoms. The van der Waals surface area contributed by atoms with Crippen LogP contribution in [0.3, 0.4) is 0 Å². The van der Waals surface area contributed by atoms with Gasteiger partial charge in [-0.3, -0.25) is 9.48 Å². The van der Waals surface area contributed by atoms with Crippen molar-refractivity contribution in [1.29, 1.82) is 0 Å². The molecule has 10 heteroatoms. The number of halogens is 1. The van der Waals surface area contributed by atoms with Gasteiger partial charge in [-0.1, -0.05) is 18.5 Å². The van der Waals surface area contributed by atoms with E-state index in [0.717, 1.165) is 36.6 Å². The number of aliphatic imine (C=N–C) groups is 1. The molecule has 1 amide bonds. The van der Waals surface area contributed by atoms with E-state index in [4.69, 9.17) is 16.3 Å². The number of amidine groups is 1. The summed E-state index contributed by atoms with van der Waals surface area (Å²) in [5.74, 6) is 2.34. The molecule has 0 spiro atoms. The molecular formula is C22H24ClN7O2. The van der Waals surface area contributed by atoms with Gasteiger partial charge in [0, 0.05) is 38.2 Å². The molecule has 3 aromatic heterocycles. The Labute approximate surface area is 190 Å². The molecule has 0 radical (unpaired) electrons. The van der Waals surface area contributed by atoms with Crippen molar-refractivity contribution >= 4 is 29.2 Å². The summed E-state index contributed by atoms with van der Waals surface area (Å²) in [6.45, 7) is 3.51. The second-order valence-corrected chi connectivity index (χ2v) is 8.77. The highest BCUT2D eigenvalue weighted by atomic mass is 35.5. The SMILES string of the molecule is C[C@@H]1CCCOc2c(cnn2C)-c2cc(cc(Cl)n2)C(=O)N=C2Cc3cnn(C)c3N2C1. The molecule has 2 aliphatic heterocycles. The summed E-state index contributed by atoms with van der Waals surface area (Å²) in [4.78, 5) is 24.2. The van der Waals surface area contributed by atoms with Crippen molar-refractivity contribution in [2.75, 3.05) is 18.1 Å². The first-order valence-electron chi connectivity index (χ1n) is 10.6. The Morgan fingerprint density at radius 2 is 1.97 bits per heavy atom. The molecule has 1 atom stereocenters. The molecule has 3 aromatic rings. The Morgan fingerprint density at radius 1 is 1.16 bits per heavy atom. The van der Waals surface area contributed by atoms with E-state index in [2.05, 4.69) is 32.0 Å². The minimum atomic E-state index is -0.356. The number of hydrogen-bond acceptors (Lipinski definition) is 6. The molecule has 9 nitrogen and oxygen atoms in total. The smallest absolute Gasteiger partial charge is 0.278 e. The molecule has 2 aliphatic rings. The largest absolute Gasteiger partial charge is 0.477 e. The number of amides is 1. The van der Waals surface area contributed by atoms with E-state index >= 15 is 0 Å². The molecule has 5 rings (SSSR count). The third kappa shape index (κ3) is 3.66. The maximum atomic E-state index is 13.2. The zero-order valence-corrected chi connectivity index (χ0v) is 19.0. The van der Waals surface area contributed by atoms with Crippen molar-refractivity contribution in [2.24, 2.45) is 25.0 Å². The number of hydrogen-bond donors (Lipinski definition) is 0. The Kier molecular flexibility index (Phi) is 5.21. The number of anilines is 1. The van der Waals surface area contributed by atoms with E-state index in [1.807, 2.05) is 25.0 Å². The normalized spacial score (nSPS) is 18.8. The van der Waals surface area contributed by atoms with E-state index in [1.165, 1.54) is 0 Å². The van der Waals surface area contributed by atoms with Gasteiger partial charge < -0.3 is 9.64 Å². The number of pyridine rings is 1. The molecule has 0 aromatic carbocycles. The molecule has 166 valence electrons. The zero-order chi connectivity index (χ0) is 22.4. The van der Waals surface area contributed by atoms with Gasteiger partial charge in [0.15, 0.2) is 0 Å². The maximum absolute atomic E-state index is 13.2. The lowest BCUT2D eigenvalue weighted by Crippen LogP contribution is -2.34. The Balaban J connectivity index is 1.60. The summed E-state index contributed by atoms with van der Waals surface area (Å²) in [6, 6.07) is 3.24. The Morgan fingerprint density at radius 3 is 2.81 bits per heavy atom. The first-order valence-corrected chi connectivity index (χ1v) is 11.0. The van der Waals surface area contributed by atoms with Crippen molar-refractivity contribution in [1.82, 2.24) is 24.5 Å². The van der Waals surface area contributed by atoms with Crippen LogP contribution in [0.15, 0.2) is 29.5 Å². The molecule has 0 fully saturated rings. The molecule has 0 N–H and O–H groups in total. The van der Waals surface area contributed by atoms with Gasteiger partial charge in [-0.15, -0.1) is 0 Å². The number of nitrogens with zero attached hydrogens (tertiary/aromatic N) is 7. The second kappa shape index (κ2) is 8.05. The average molecular weight is 454 g/mol. The van der Waals surface area contributed by atoms with Crippen LogP contribution in [0.25, 0.3) is 11.3 Å². The van der Waals surface area contributed by atoms with E-state index in [0.29, 0.717) is 41.6 Å². The van der Waals surface area contributed by atoms with E-state index < -0.39 is 0 Å². The van der Waals surface area contributed by atoms with Crippen molar-refractivity contribution in [3.63, 3.8) is 0 Å². The van der Waals surface area contributed by atoms with E-state index in [1.54, 1.807) is 23.0 Å². The maximum Gasteiger partial charge on any atom is 0.278 e. The van der Waals surface area contributed by atoms with E-state index in [-0.39, 0.29) is 11.1 Å². The number of ether oxygens (including phenoxy) is 1. The molecule has 0 saturated carbocycles. The minimum absolute atomic E-state index is 0.217. The molecule has 0 saturated heterocycles. The van der Waals surface area contributed by atoms with Crippen molar-refractivity contribution < 1.29 is 9.53 Å². The van der Waals surface area contributed by atoms with Gasteiger partial charge in [0.05, 0.1) is 30.3 Å². The van der Waals surface area contributed by atoms with Gasteiger partial charge in [-0.2, -0.15) is 15.2 Å². The highest BCUT2D eigenvalue weighted by Crippen LogP contribution is 2.33. The van der Waals surface area contributed by atoms with Crippen LogP contribution < -0.4 is 9.64 Å². The number of aryl methyl sites for hydroxylation is 2. The van der Waals surface area contributed by atoms with Gasteiger partial charge in [0.2, 0.25) is 5.88 Å². The predicted molar refractivity (Wildman–Crippen MR) is 121 cm³/mol. The van der Waals surface area contributed by atoms with Gasteiger partial charge in [-0.25, -0.2) is 9.67 Å².